The van der Waals surface area contributed by atoms with Gasteiger partial charge in [-0.2, -0.15) is 4.98 Å². The van der Waals surface area contributed by atoms with E-state index in [1.54, 1.807) is 6.92 Å². The molecular formula is C6H7N5OS2. The highest BCUT2D eigenvalue weighted by Gasteiger charge is 2.02. The molecule has 0 aliphatic carbocycles. The fourth-order valence-electron chi connectivity index (χ4n) is 0.873. The molecule has 0 aromatic carbocycles. The van der Waals surface area contributed by atoms with Gasteiger partial charge in [0.25, 0.3) is 0 Å². The Morgan fingerprint density at radius 1 is 1.64 bits per heavy atom. The van der Waals surface area contributed by atoms with Crippen LogP contribution in [0.4, 0.5) is 5.13 Å². The molecule has 0 aliphatic heterocycles. The number of hydrogen-bond donors (Lipinski definition) is 2. The van der Waals surface area contributed by atoms with E-state index in [1.165, 1.54) is 11.3 Å². The summed E-state index contributed by atoms with van der Waals surface area (Å²) in [4.78, 5) is 4.03. The van der Waals surface area contributed by atoms with E-state index in [9.17, 15) is 0 Å². The number of nitrogens with one attached hydrogen (secondary N) is 2. The number of aryl methyl sites for hydroxylation is 1. The van der Waals surface area contributed by atoms with Crippen molar-refractivity contribution in [1.82, 2.24) is 20.3 Å². The Morgan fingerprint density at radius 2 is 2.50 bits per heavy atom. The maximum atomic E-state index is 4.88. The van der Waals surface area contributed by atoms with E-state index >= 15 is 0 Å². The highest BCUT2D eigenvalue weighted by molar-refractivity contribution is 7.73. The van der Waals surface area contributed by atoms with Crippen molar-refractivity contribution in [1.29, 1.82) is 0 Å². The van der Waals surface area contributed by atoms with E-state index < -0.39 is 0 Å². The van der Waals surface area contributed by atoms with Gasteiger partial charge in [0.1, 0.15) is 0 Å². The van der Waals surface area contributed by atoms with Gasteiger partial charge < -0.3 is 9.84 Å². The number of H-pyrrole nitrogens is 1. The van der Waals surface area contributed by atoms with Crippen molar-refractivity contribution in [3.05, 3.63) is 15.7 Å². The normalized spacial score (nSPS) is 10.4. The zero-order chi connectivity index (χ0) is 9.97. The summed E-state index contributed by atoms with van der Waals surface area (Å²) in [6.07, 6.45) is 0. The van der Waals surface area contributed by atoms with Gasteiger partial charge in [-0.3, -0.25) is 5.10 Å². The smallest absolute Gasteiger partial charge is 0.223 e. The van der Waals surface area contributed by atoms with Crippen molar-refractivity contribution in [3.8, 4) is 0 Å². The predicted molar refractivity (Wildman–Crippen MR) is 53.7 cm³/mol. The van der Waals surface area contributed by atoms with E-state index in [0.717, 1.165) is 5.13 Å². The van der Waals surface area contributed by atoms with Gasteiger partial charge >= 0.3 is 0 Å². The standard InChI is InChI=1S/C6H7N5OS2/c1-3-8-4(11-12-3)2-7-5-9-10-6(13)14-5/h2H2,1H3,(H,7,9)(H,10,13). The van der Waals surface area contributed by atoms with Gasteiger partial charge in [0.15, 0.2) is 9.78 Å². The van der Waals surface area contributed by atoms with Crippen LogP contribution in [0.5, 0.6) is 0 Å². The summed E-state index contributed by atoms with van der Waals surface area (Å²) in [5.74, 6) is 1.15. The predicted octanol–water partition coefficient (Wildman–Crippen LogP) is 1.50. The molecule has 2 aromatic rings. The summed E-state index contributed by atoms with van der Waals surface area (Å²) in [5.41, 5.74) is 0. The molecule has 0 bridgehead atoms. The highest BCUT2D eigenvalue weighted by atomic mass is 32.1. The molecule has 0 atom stereocenters. The minimum absolute atomic E-state index is 0.480. The van der Waals surface area contributed by atoms with Gasteiger partial charge in [-0.25, -0.2) is 0 Å². The first kappa shape index (κ1) is 9.28. The van der Waals surface area contributed by atoms with Crippen LogP contribution in [0.15, 0.2) is 4.52 Å². The zero-order valence-electron chi connectivity index (χ0n) is 7.27. The molecule has 0 amide bonds. The molecule has 0 saturated carbocycles. The Labute approximate surface area is 88.4 Å². The molecule has 0 unspecified atom stereocenters. The zero-order valence-corrected chi connectivity index (χ0v) is 8.91. The second-order valence-electron chi connectivity index (χ2n) is 2.50. The van der Waals surface area contributed by atoms with E-state index in [2.05, 4.69) is 25.7 Å². The monoisotopic (exact) mass is 229 g/mol. The topological polar surface area (TPSA) is 79.6 Å². The van der Waals surface area contributed by atoms with Gasteiger partial charge in [0.2, 0.25) is 11.0 Å². The number of rotatable bonds is 3. The molecule has 0 spiro atoms. The third-order valence-electron chi connectivity index (χ3n) is 1.41. The van der Waals surface area contributed by atoms with Crippen LogP contribution in [0.25, 0.3) is 0 Å². The van der Waals surface area contributed by atoms with Gasteiger partial charge in [-0.05, 0) is 12.2 Å². The molecule has 0 radical (unpaired) electrons. The Balaban J connectivity index is 1.98. The van der Waals surface area contributed by atoms with Gasteiger partial charge in [0, 0.05) is 6.92 Å². The Hall–Kier alpha value is -1.28. The lowest BCUT2D eigenvalue weighted by atomic mass is 10.6. The van der Waals surface area contributed by atoms with Gasteiger partial charge in [0.05, 0.1) is 6.54 Å². The summed E-state index contributed by atoms with van der Waals surface area (Å²) in [5, 5.41) is 14.1. The third-order valence-corrected chi connectivity index (χ3v) is 2.45. The molecule has 2 N–H and O–H groups in total. The third kappa shape index (κ3) is 2.15. The van der Waals surface area contributed by atoms with Crippen LogP contribution in [-0.4, -0.2) is 20.3 Å². The molecule has 0 aliphatic rings. The van der Waals surface area contributed by atoms with E-state index in [1.807, 2.05) is 0 Å². The molecule has 0 saturated heterocycles. The average Bonchev–Trinajstić information content (AvgIpc) is 2.72. The lowest BCUT2D eigenvalue weighted by Crippen LogP contribution is -2.00. The first-order valence-corrected chi connectivity index (χ1v) is 5.05. The Bertz CT molecular complexity index is 472. The summed E-state index contributed by atoms with van der Waals surface area (Å²) in [7, 11) is 0. The summed E-state index contributed by atoms with van der Waals surface area (Å²) < 4.78 is 5.45. The minimum Gasteiger partial charge on any atom is -0.353 e. The molecule has 2 rings (SSSR count). The van der Waals surface area contributed by atoms with E-state index in [0.29, 0.717) is 22.2 Å². The molecule has 2 heterocycles. The van der Waals surface area contributed by atoms with Crippen molar-refractivity contribution in [2.24, 2.45) is 0 Å². The number of hydrogen-bond acceptors (Lipinski definition) is 7. The summed E-state index contributed by atoms with van der Waals surface area (Å²) in [6, 6.07) is 0. The number of nitrogens with zero attached hydrogens (tertiary/aromatic N) is 3. The fraction of sp³-hybridized carbons (Fsp3) is 0.333. The largest absolute Gasteiger partial charge is 0.353 e. The molecule has 2 aromatic heterocycles. The van der Waals surface area contributed by atoms with Crippen molar-refractivity contribution in [2.45, 2.75) is 13.5 Å². The number of aromatic nitrogens is 4. The van der Waals surface area contributed by atoms with E-state index in [4.69, 9.17) is 16.7 Å². The second kappa shape index (κ2) is 3.84. The van der Waals surface area contributed by atoms with Crippen LogP contribution in [0.2, 0.25) is 0 Å². The van der Waals surface area contributed by atoms with Crippen LogP contribution < -0.4 is 5.32 Å². The summed E-state index contributed by atoms with van der Waals surface area (Å²) in [6.45, 7) is 2.22. The SMILES string of the molecule is Cc1nc(CNc2n[nH]c(=S)s2)no1. The molecule has 0 fully saturated rings. The van der Waals surface area contributed by atoms with Crippen LogP contribution >= 0.6 is 23.6 Å². The Kier molecular flexibility index (Phi) is 2.55. The van der Waals surface area contributed by atoms with E-state index in [-0.39, 0.29) is 0 Å². The van der Waals surface area contributed by atoms with Crippen LogP contribution in [0.3, 0.4) is 0 Å². The molecule has 6 nitrogen and oxygen atoms in total. The average molecular weight is 229 g/mol. The van der Waals surface area contributed by atoms with Gasteiger partial charge in [-0.1, -0.05) is 16.5 Å². The number of anilines is 1. The quantitative estimate of drug-likeness (QED) is 0.776. The molecular weight excluding hydrogens is 222 g/mol. The van der Waals surface area contributed by atoms with Crippen molar-refractivity contribution in [2.75, 3.05) is 5.32 Å². The van der Waals surface area contributed by atoms with Crippen molar-refractivity contribution >= 4 is 28.7 Å². The fourth-order valence-corrected chi connectivity index (χ4v) is 1.66. The second-order valence-corrected chi connectivity index (χ2v) is 4.17. The maximum absolute atomic E-state index is 4.88. The number of aromatic amines is 1. The first-order chi connectivity index (χ1) is 6.74. The minimum atomic E-state index is 0.480. The van der Waals surface area contributed by atoms with Crippen molar-refractivity contribution in [3.63, 3.8) is 0 Å². The molecule has 8 heteroatoms. The lowest BCUT2D eigenvalue weighted by Gasteiger charge is -1.94. The van der Waals surface area contributed by atoms with Crippen LogP contribution in [-0.2, 0) is 6.54 Å². The Morgan fingerprint density at radius 3 is 3.07 bits per heavy atom. The molecule has 74 valence electrons. The summed E-state index contributed by atoms with van der Waals surface area (Å²) >= 11 is 6.24. The highest BCUT2D eigenvalue weighted by Crippen LogP contribution is 2.11. The van der Waals surface area contributed by atoms with Crippen molar-refractivity contribution < 1.29 is 4.52 Å². The van der Waals surface area contributed by atoms with Gasteiger partial charge in [-0.15, -0.1) is 5.10 Å². The lowest BCUT2D eigenvalue weighted by molar-refractivity contribution is 0.388. The van der Waals surface area contributed by atoms with Crippen LogP contribution in [0.1, 0.15) is 11.7 Å². The van der Waals surface area contributed by atoms with Crippen LogP contribution in [0, 0.1) is 10.9 Å². The molecule has 14 heavy (non-hydrogen) atoms. The first-order valence-electron chi connectivity index (χ1n) is 3.82. The maximum Gasteiger partial charge on any atom is 0.223 e.